The molecule has 2 aliphatic rings. The molecule has 0 unspecified atom stereocenters. The number of carbonyl (C=O) groups excluding carboxylic acids is 1. The van der Waals surface area contributed by atoms with Gasteiger partial charge in [0.25, 0.3) is 0 Å². The molecule has 2 fully saturated rings. The Morgan fingerprint density at radius 1 is 1.60 bits per heavy atom. The monoisotopic (exact) mass is 276 g/mol. The van der Waals surface area contributed by atoms with Gasteiger partial charge in [0.2, 0.25) is 5.91 Å². The lowest BCUT2D eigenvalue weighted by Gasteiger charge is -2.47. The van der Waals surface area contributed by atoms with Gasteiger partial charge in [-0.3, -0.25) is 9.78 Å². The first kappa shape index (κ1) is 13.5. The number of rotatable bonds is 5. The minimum Gasteiger partial charge on any atom is -0.384 e. The zero-order valence-electron chi connectivity index (χ0n) is 11.6. The number of carbonyl (C=O) groups is 1. The number of hydrogen-bond donors (Lipinski definition) is 1. The SMILES string of the molecule is COC[C@@H]1[C@H](NC(=O)Cc2cccnc2)[C@@H]2CCO[C@H]12. The zero-order valence-corrected chi connectivity index (χ0v) is 11.6. The highest BCUT2D eigenvalue weighted by Gasteiger charge is 2.54. The Bertz CT molecular complexity index is 465. The quantitative estimate of drug-likeness (QED) is 0.864. The van der Waals surface area contributed by atoms with Crippen molar-refractivity contribution in [2.45, 2.75) is 25.0 Å². The van der Waals surface area contributed by atoms with Crippen molar-refractivity contribution in [2.24, 2.45) is 11.8 Å². The Kier molecular flexibility index (Phi) is 3.98. The highest BCUT2D eigenvalue weighted by Crippen LogP contribution is 2.43. The number of fused-ring (bicyclic) bond motifs is 1. The summed E-state index contributed by atoms with van der Waals surface area (Å²) < 4.78 is 10.9. The molecular formula is C15H20N2O3. The maximum atomic E-state index is 12.1. The molecular weight excluding hydrogens is 256 g/mol. The minimum absolute atomic E-state index is 0.0504. The lowest BCUT2D eigenvalue weighted by Crippen LogP contribution is -2.62. The number of nitrogens with one attached hydrogen (secondary N) is 1. The van der Waals surface area contributed by atoms with Crippen LogP contribution in [0.2, 0.25) is 0 Å². The fourth-order valence-corrected chi connectivity index (χ4v) is 3.36. The fraction of sp³-hybridized carbons (Fsp3) is 0.600. The molecule has 3 rings (SSSR count). The average Bonchev–Trinajstić information content (AvgIpc) is 2.88. The van der Waals surface area contributed by atoms with Crippen LogP contribution in [0.3, 0.4) is 0 Å². The standard InChI is InChI=1S/C15H20N2O3/c1-19-9-12-14(11-4-6-20-15(11)12)17-13(18)7-10-3-2-5-16-8-10/h2-3,5,8,11-12,14-15H,4,6-7,9H2,1H3,(H,17,18)/t11-,12+,14+,15-/m0/s1. The summed E-state index contributed by atoms with van der Waals surface area (Å²) in [5.74, 6) is 0.785. The van der Waals surface area contributed by atoms with Gasteiger partial charge in [-0.05, 0) is 18.1 Å². The second-order valence-electron chi connectivity index (χ2n) is 5.54. The van der Waals surface area contributed by atoms with Gasteiger partial charge in [0, 0.05) is 44.0 Å². The Labute approximate surface area is 118 Å². The molecule has 0 bridgehead atoms. The van der Waals surface area contributed by atoms with E-state index in [2.05, 4.69) is 10.3 Å². The summed E-state index contributed by atoms with van der Waals surface area (Å²) >= 11 is 0. The van der Waals surface area contributed by atoms with Crippen LogP contribution < -0.4 is 5.32 Å². The summed E-state index contributed by atoms with van der Waals surface area (Å²) in [7, 11) is 1.69. The normalized spacial score (nSPS) is 31.4. The number of methoxy groups -OCH3 is 1. The zero-order chi connectivity index (χ0) is 13.9. The van der Waals surface area contributed by atoms with E-state index in [1.165, 1.54) is 0 Å². The van der Waals surface area contributed by atoms with E-state index in [0.29, 0.717) is 18.9 Å². The Hall–Kier alpha value is -1.46. The van der Waals surface area contributed by atoms with E-state index in [1.54, 1.807) is 19.5 Å². The Morgan fingerprint density at radius 2 is 2.50 bits per heavy atom. The van der Waals surface area contributed by atoms with Gasteiger partial charge in [0.15, 0.2) is 0 Å². The average molecular weight is 276 g/mol. The van der Waals surface area contributed by atoms with Crippen molar-refractivity contribution < 1.29 is 14.3 Å². The van der Waals surface area contributed by atoms with Crippen LogP contribution in [0.5, 0.6) is 0 Å². The minimum atomic E-state index is 0.0504. The summed E-state index contributed by atoms with van der Waals surface area (Å²) in [5.41, 5.74) is 0.937. The molecule has 4 atom stereocenters. The van der Waals surface area contributed by atoms with Crippen molar-refractivity contribution >= 4 is 5.91 Å². The molecule has 2 heterocycles. The van der Waals surface area contributed by atoms with E-state index in [-0.39, 0.29) is 24.0 Å². The maximum absolute atomic E-state index is 12.1. The molecule has 1 aliphatic heterocycles. The molecule has 20 heavy (non-hydrogen) atoms. The molecule has 5 heteroatoms. The smallest absolute Gasteiger partial charge is 0.224 e. The molecule has 1 aromatic rings. The summed E-state index contributed by atoms with van der Waals surface area (Å²) in [6, 6.07) is 3.95. The molecule has 1 aliphatic carbocycles. The first-order valence-electron chi connectivity index (χ1n) is 7.08. The number of hydrogen-bond acceptors (Lipinski definition) is 4. The lowest BCUT2D eigenvalue weighted by molar-refractivity contribution is -0.129. The first-order chi connectivity index (χ1) is 9.79. The van der Waals surface area contributed by atoms with Crippen molar-refractivity contribution in [1.82, 2.24) is 10.3 Å². The Balaban J connectivity index is 1.57. The van der Waals surface area contributed by atoms with Gasteiger partial charge in [-0.2, -0.15) is 0 Å². The van der Waals surface area contributed by atoms with Crippen LogP contribution in [-0.4, -0.2) is 43.4 Å². The third-order valence-corrected chi connectivity index (χ3v) is 4.30. The summed E-state index contributed by atoms with van der Waals surface area (Å²) in [4.78, 5) is 16.2. The van der Waals surface area contributed by atoms with Gasteiger partial charge >= 0.3 is 0 Å². The highest BCUT2D eigenvalue weighted by atomic mass is 16.5. The van der Waals surface area contributed by atoms with Crippen LogP contribution >= 0.6 is 0 Å². The summed E-state index contributed by atoms with van der Waals surface area (Å²) in [6.45, 7) is 1.43. The number of aromatic nitrogens is 1. The van der Waals surface area contributed by atoms with Crippen molar-refractivity contribution in [3.05, 3.63) is 30.1 Å². The summed E-state index contributed by atoms with van der Waals surface area (Å²) in [6.07, 6.45) is 5.11. The van der Waals surface area contributed by atoms with Crippen LogP contribution in [-0.2, 0) is 20.7 Å². The maximum Gasteiger partial charge on any atom is 0.224 e. The lowest BCUT2D eigenvalue weighted by atomic mass is 9.67. The molecule has 5 nitrogen and oxygen atoms in total. The molecule has 1 amide bonds. The van der Waals surface area contributed by atoms with Crippen LogP contribution in [0.25, 0.3) is 0 Å². The van der Waals surface area contributed by atoms with Gasteiger partial charge < -0.3 is 14.8 Å². The van der Waals surface area contributed by atoms with E-state index in [0.717, 1.165) is 18.6 Å². The molecule has 0 spiro atoms. The van der Waals surface area contributed by atoms with Gasteiger partial charge in [0.1, 0.15) is 0 Å². The van der Waals surface area contributed by atoms with Crippen LogP contribution in [0, 0.1) is 11.8 Å². The van der Waals surface area contributed by atoms with Crippen molar-refractivity contribution in [1.29, 1.82) is 0 Å². The van der Waals surface area contributed by atoms with Gasteiger partial charge in [-0.25, -0.2) is 0 Å². The van der Waals surface area contributed by atoms with Crippen molar-refractivity contribution in [3.63, 3.8) is 0 Å². The number of amides is 1. The van der Waals surface area contributed by atoms with E-state index in [9.17, 15) is 4.79 Å². The van der Waals surface area contributed by atoms with Gasteiger partial charge in [-0.15, -0.1) is 0 Å². The van der Waals surface area contributed by atoms with Crippen molar-refractivity contribution in [3.8, 4) is 0 Å². The predicted molar refractivity (Wildman–Crippen MR) is 73.1 cm³/mol. The van der Waals surface area contributed by atoms with E-state index < -0.39 is 0 Å². The van der Waals surface area contributed by atoms with E-state index in [4.69, 9.17) is 9.47 Å². The van der Waals surface area contributed by atoms with Gasteiger partial charge in [-0.1, -0.05) is 6.07 Å². The third kappa shape index (κ3) is 2.55. The molecule has 1 saturated carbocycles. The molecule has 108 valence electrons. The molecule has 0 radical (unpaired) electrons. The largest absolute Gasteiger partial charge is 0.384 e. The molecule has 1 aromatic heterocycles. The Morgan fingerprint density at radius 3 is 3.25 bits per heavy atom. The second kappa shape index (κ2) is 5.89. The predicted octanol–water partition coefficient (Wildman–Crippen LogP) is 0.790. The second-order valence-corrected chi connectivity index (χ2v) is 5.54. The number of nitrogens with zero attached hydrogens (tertiary/aromatic N) is 1. The van der Waals surface area contributed by atoms with Crippen LogP contribution in [0.4, 0.5) is 0 Å². The number of ether oxygens (including phenoxy) is 2. The molecule has 1 saturated heterocycles. The first-order valence-corrected chi connectivity index (χ1v) is 7.08. The van der Waals surface area contributed by atoms with Crippen LogP contribution in [0.1, 0.15) is 12.0 Å². The topological polar surface area (TPSA) is 60.5 Å². The van der Waals surface area contributed by atoms with Gasteiger partial charge in [0.05, 0.1) is 19.1 Å². The molecule has 1 N–H and O–H groups in total. The fourth-order valence-electron chi connectivity index (χ4n) is 3.36. The van der Waals surface area contributed by atoms with Crippen LogP contribution in [0.15, 0.2) is 24.5 Å². The van der Waals surface area contributed by atoms with E-state index in [1.807, 2.05) is 12.1 Å². The van der Waals surface area contributed by atoms with Crippen molar-refractivity contribution in [2.75, 3.05) is 20.3 Å². The van der Waals surface area contributed by atoms with E-state index >= 15 is 0 Å². The summed E-state index contributed by atoms with van der Waals surface area (Å²) in [5, 5.41) is 3.14. The third-order valence-electron chi connectivity index (χ3n) is 4.30. The molecule has 0 aromatic carbocycles. The highest BCUT2D eigenvalue weighted by molar-refractivity contribution is 5.79. The number of pyridine rings is 1.